The van der Waals surface area contributed by atoms with Gasteiger partial charge in [0, 0.05) is 12.5 Å². The van der Waals surface area contributed by atoms with E-state index in [1.807, 2.05) is 13.8 Å². The van der Waals surface area contributed by atoms with Crippen molar-refractivity contribution in [3.8, 4) is 0 Å². The highest BCUT2D eigenvalue weighted by atomic mass is 16.5. The van der Waals surface area contributed by atoms with E-state index < -0.39 is 0 Å². The van der Waals surface area contributed by atoms with E-state index in [0.29, 0.717) is 0 Å². The van der Waals surface area contributed by atoms with Crippen LogP contribution >= 0.6 is 0 Å². The van der Waals surface area contributed by atoms with E-state index in [4.69, 9.17) is 10.5 Å². The topological polar surface area (TPSA) is 35.2 Å². The van der Waals surface area contributed by atoms with Gasteiger partial charge in [-0.3, -0.25) is 0 Å². The fourth-order valence-electron chi connectivity index (χ4n) is 0.939. The first kappa shape index (κ1) is 6.62. The van der Waals surface area contributed by atoms with Crippen LogP contribution in [0.3, 0.4) is 0 Å². The fourth-order valence-corrected chi connectivity index (χ4v) is 0.939. The first-order chi connectivity index (χ1) is 4.20. The molecule has 0 spiro atoms. The Morgan fingerprint density at radius 3 is 2.78 bits per heavy atom. The van der Waals surface area contributed by atoms with Crippen LogP contribution in [0.5, 0.6) is 0 Å². The van der Waals surface area contributed by atoms with Gasteiger partial charge in [-0.05, 0) is 19.9 Å². The van der Waals surface area contributed by atoms with E-state index in [1.165, 1.54) is 0 Å². The summed E-state index contributed by atoms with van der Waals surface area (Å²) in [4.78, 5) is 0. The molecule has 0 aromatic rings. The molecule has 0 radical (unpaired) electrons. The van der Waals surface area contributed by atoms with Gasteiger partial charge in [-0.2, -0.15) is 0 Å². The number of hydrogen-bond acceptors (Lipinski definition) is 2. The Morgan fingerprint density at radius 1 is 1.89 bits per heavy atom. The van der Waals surface area contributed by atoms with Crippen LogP contribution in [-0.2, 0) is 4.74 Å². The first-order valence-electron chi connectivity index (χ1n) is 3.29. The zero-order valence-corrected chi connectivity index (χ0v) is 5.92. The van der Waals surface area contributed by atoms with Crippen LogP contribution in [-0.4, -0.2) is 12.1 Å². The van der Waals surface area contributed by atoms with Crippen LogP contribution in [0.1, 0.15) is 20.3 Å². The Bertz CT molecular complexity index is 129. The predicted molar refractivity (Wildman–Crippen MR) is 36.9 cm³/mol. The molecule has 0 aromatic carbocycles. The Hall–Kier alpha value is -0.500. The molecular formula is C7H13NO. The number of rotatable bonds is 1. The maximum Gasteiger partial charge on any atom is 0.116 e. The number of ether oxygens (including phenoxy) is 1. The van der Waals surface area contributed by atoms with Gasteiger partial charge in [-0.1, -0.05) is 0 Å². The van der Waals surface area contributed by atoms with E-state index in [2.05, 4.69) is 6.08 Å². The third-order valence-electron chi connectivity index (χ3n) is 1.56. The lowest BCUT2D eigenvalue weighted by Crippen LogP contribution is -2.30. The van der Waals surface area contributed by atoms with Crippen molar-refractivity contribution < 1.29 is 4.74 Å². The molecule has 1 rings (SSSR count). The maximum absolute atomic E-state index is 5.60. The number of hydrogen-bond donors (Lipinski definition) is 1. The summed E-state index contributed by atoms with van der Waals surface area (Å²) in [5, 5.41) is 0. The summed E-state index contributed by atoms with van der Waals surface area (Å²) in [5.41, 5.74) is 5.60. The minimum atomic E-state index is 0.152. The largest absolute Gasteiger partial charge is 0.493 e. The molecule has 2 N–H and O–H groups in total. The number of nitrogens with two attached hydrogens (primary N) is 1. The quantitative estimate of drug-likeness (QED) is 0.571. The van der Waals surface area contributed by atoms with Crippen LogP contribution in [0.25, 0.3) is 0 Å². The van der Waals surface area contributed by atoms with Gasteiger partial charge in [0.25, 0.3) is 0 Å². The number of allylic oxidation sites excluding steroid dienone is 1. The molecule has 2 heteroatoms. The van der Waals surface area contributed by atoms with Gasteiger partial charge in [0.15, 0.2) is 0 Å². The van der Waals surface area contributed by atoms with Gasteiger partial charge in [0.2, 0.25) is 0 Å². The van der Waals surface area contributed by atoms with Crippen LogP contribution in [0.15, 0.2) is 11.8 Å². The second-order valence-corrected chi connectivity index (χ2v) is 2.57. The molecule has 2 nitrogen and oxygen atoms in total. The Morgan fingerprint density at radius 2 is 2.56 bits per heavy atom. The zero-order chi connectivity index (χ0) is 6.85. The van der Waals surface area contributed by atoms with E-state index >= 15 is 0 Å². The van der Waals surface area contributed by atoms with Crippen molar-refractivity contribution in [1.29, 1.82) is 0 Å². The Labute approximate surface area is 55.7 Å². The van der Waals surface area contributed by atoms with Crippen molar-refractivity contribution >= 4 is 0 Å². The molecule has 9 heavy (non-hydrogen) atoms. The van der Waals surface area contributed by atoms with Gasteiger partial charge < -0.3 is 10.5 Å². The Kier molecular flexibility index (Phi) is 1.76. The van der Waals surface area contributed by atoms with Crippen LogP contribution in [0, 0.1) is 0 Å². The minimum Gasteiger partial charge on any atom is -0.493 e. The van der Waals surface area contributed by atoms with Crippen LogP contribution in [0.2, 0.25) is 0 Å². The van der Waals surface area contributed by atoms with Crippen molar-refractivity contribution in [3.05, 3.63) is 11.8 Å². The van der Waals surface area contributed by atoms with Crippen molar-refractivity contribution in [1.82, 2.24) is 0 Å². The second kappa shape index (κ2) is 2.40. The lowest BCUT2D eigenvalue weighted by molar-refractivity contribution is 0.125. The summed E-state index contributed by atoms with van der Waals surface area (Å²) in [6.07, 6.45) is 3.28. The summed E-state index contributed by atoms with van der Waals surface area (Å²) in [6, 6.07) is 0.152. The molecule has 52 valence electrons. The van der Waals surface area contributed by atoms with Gasteiger partial charge in [0.05, 0.1) is 5.76 Å². The molecule has 1 aliphatic heterocycles. The predicted octanol–water partition coefficient (Wildman–Crippen LogP) is 1.03. The van der Waals surface area contributed by atoms with E-state index in [9.17, 15) is 0 Å². The molecule has 1 aliphatic rings. The third-order valence-corrected chi connectivity index (χ3v) is 1.56. The average molecular weight is 127 g/mol. The highest BCUT2D eigenvalue weighted by Gasteiger charge is 2.18. The smallest absolute Gasteiger partial charge is 0.116 e. The summed E-state index contributed by atoms with van der Waals surface area (Å²) in [6.45, 7) is 3.93. The highest BCUT2D eigenvalue weighted by molar-refractivity contribution is 4.99. The molecule has 0 amide bonds. The van der Waals surface area contributed by atoms with E-state index in [0.717, 1.165) is 12.2 Å². The van der Waals surface area contributed by atoms with Gasteiger partial charge >= 0.3 is 0 Å². The van der Waals surface area contributed by atoms with Gasteiger partial charge in [-0.15, -0.1) is 0 Å². The third kappa shape index (κ3) is 1.45. The lowest BCUT2D eigenvalue weighted by Gasteiger charge is -2.14. The normalized spacial score (nSPS) is 29.2. The molecule has 0 saturated carbocycles. The molecular weight excluding hydrogens is 114 g/mol. The standard InChI is InChI=1S/C7H13NO/c1-5-3-4-7(9-5)6(2)8/h3,6-7H,4,8H2,1-2H3. The Balaban J connectivity index is 2.37. The minimum absolute atomic E-state index is 0.152. The fraction of sp³-hybridized carbons (Fsp3) is 0.714. The maximum atomic E-state index is 5.60. The molecule has 2 unspecified atom stereocenters. The van der Waals surface area contributed by atoms with Crippen molar-refractivity contribution in [2.45, 2.75) is 32.4 Å². The summed E-state index contributed by atoms with van der Waals surface area (Å²) in [5.74, 6) is 1.01. The summed E-state index contributed by atoms with van der Waals surface area (Å²) in [7, 11) is 0. The summed E-state index contributed by atoms with van der Waals surface area (Å²) >= 11 is 0. The molecule has 0 saturated heterocycles. The molecule has 0 fully saturated rings. The highest BCUT2D eigenvalue weighted by Crippen LogP contribution is 2.17. The average Bonchev–Trinajstić information content (AvgIpc) is 2.14. The molecule has 2 atom stereocenters. The molecule has 0 bridgehead atoms. The van der Waals surface area contributed by atoms with Crippen LogP contribution < -0.4 is 5.73 Å². The lowest BCUT2D eigenvalue weighted by atomic mass is 10.1. The second-order valence-electron chi connectivity index (χ2n) is 2.57. The van der Waals surface area contributed by atoms with Crippen molar-refractivity contribution in [2.75, 3.05) is 0 Å². The molecule has 0 aliphatic carbocycles. The summed E-state index contributed by atoms with van der Waals surface area (Å²) < 4.78 is 5.36. The molecule has 0 aromatic heterocycles. The SMILES string of the molecule is CC1=CCC(C(C)N)O1. The van der Waals surface area contributed by atoms with E-state index in [-0.39, 0.29) is 12.1 Å². The zero-order valence-electron chi connectivity index (χ0n) is 5.92. The first-order valence-corrected chi connectivity index (χ1v) is 3.29. The van der Waals surface area contributed by atoms with Crippen molar-refractivity contribution in [2.24, 2.45) is 5.73 Å². The van der Waals surface area contributed by atoms with Crippen LogP contribution in [0.4, 0.5) is 0 Å². The molecule has 1 heterocycles. The van der Waals surface area contributed by atoms with E-state index in [1.54, 1.807) is 0 Å². The monoisotopic (exact) mass is 127 g/mol. The van der Waals surface area contributed by atoms with Gasteiger partial charge in [0.1, 0.15) is 6.10 Å². The van der Waals surface area contributed by atoms with Crippen molar-refractivity contribution in [3.63, 3.8) is 0 Å². The van der Waals surface area contributed by atoms with Gasteiger partial charge in [-0.25, -0.2) is 0 Å².